The van der Waals surface area contributed by atoms with Crippen molar-refractivity contribution in [3.8, 4) is 16.9 Å². The average molecular weight is 589 g/mol. The number of nitrogens with one attached hydrogen (secondary N) is 3. The first-order valence-corrected chi connectivity index (χ1v) is 12.2. The standard InChI is InChI=1S/C28H23F4N3O7/c1-14(33-27(40)28(41)34-19-10-6-5-9-16(19)15-7-3-2-4-8-15)26(39)35-20(12-22(37)38)21(36)13-42-25-23(31)17(29)11-18(30)24(25)32/h2-11,14,20H,12-13H2,1H3,(H,33,40)(H,34,41)(H,35,39)(H,37,38)/t14-,20-/m0/s1. The van der Waals surface area contributed by atoms with Crippen molar-refractivity contribution in [1.29, 1.82) is 0 Å². The molecule has 0 bridgehead atoms. The Kier molecular flexibility index (Phi) is 10.3. The molecule has 3 amide bonds. The maximum Gasteiger partial charge on any atom is 0.313 e. The molecule has 0 aliphatic rings. The Bertz CT molecular complexity index is 1490. The van der Waals surface area contributed by atoms with Gasteiger partial charge in [0.1, 0.15) is 18.7 Å². The molecule has 0 unspecified atom stereocenters. The molecule has 3 rings (SSSR count). The molecule has 2 atom stereocenters. The van der Waals surface area contributed by atoms with E-state index in [-0.39, 0.29) is 6.07 Å². The van der Waals surface area contributed by atoms with Crippen molar-refractivity contribution in [3.63, 3.8) is 0 Å². The predicted molar refractivity (Wildman–Crippen MR) is 139 cm³/mol. The van der Waals surface area contributed by atoms with E-state index in [9.17, 15) is 41.5 Å². The van der Waals surface area contributed by atoms with E-state index in [0.717, 1.165) is 12.5 Å². The molecule has 0 saturated heterocycles. The molecule has 0 aromatic heterocycles. The molecular weight excluding hydrogens is 566 g/mol. The van der Waals surface area contributed by atoms with Crippen molar-refractivity contribution in [3.05, 3.63) is 83.9 Å². The van der Waals surface area contributed by atoms with Gasteiger partial charge in [-0.05, 0) is 18.6 Å². The monoisotopic (exact) mass is 589 g/mol. The zero-order chi connectivity index (χ0) is 31.0. The minimum Gasteiger partial charge on any atom is -0.481 e. The van der Waals surface area contributed by atoms with E-state index in [4.69, 9.17) is 5.11 Å². The summed E-state index contributed by atoms with van der Waals surface area (Å²) >= 11 is 0. The molecule has 0 saturated carbocycles. The van der Waals surface area contributed by atoms with Gasteiger partial charge in [0.25, 0.3) is 0 Å². The molecule has 10 nitrogen and oxygen atoms in total. The third-order valence-electron chi connectivity index (χ3n) is 5.72. The van der Waals surface area contributed by atoms with Gasteiger partial charge in [-0.25, -0.2) is 8.78 Å². The van der Waals surface area contributed by atoms with Crippen LogP contribution in [-0.4, -0.2) is 53.3 Å². The Morgan fingerprint density at radius 2 is 1.43 bits per heavy atom. The molecule has 42 heavy (non-hydrogen) atoms. The zero-order valence-corrected chi connectivity index (χ0v) is 21.8. The summed E-state index contributed by atoms with van der Waals surface area (Å²) in [5.74, 6) is -15.3. The van der Waals surface area contributed by atoms with Crippen LogP contribution in [0.2, 0.25) is 0 Å². The van der Waals surface area contributed by atoms with E-state index in [1.54, 1.807) is 54.6 Å². The van der Waals surface area contributed by atoms with Crippen LogP contribution in [0.1, 0.15) is 13.3 Å². The minimum absolute atomic E-state index is 0.0786. The highest BCUT2D eigenvalue weighted by atomic mass is 19.2. The highest BCUT2D eigenvalue weighted by molar-refractivity contribution is 6.40. The number of Topliss-reactive ketones (excluding diaryl/α,β-unsaturated/α-hetero) is 1. The second-order valence-electron chi connectivity index (χ2n) is 8.77. The molecule has 0 radical (unpaired) electrons. The summed E-state index contributed by atoms with van der Waals surface area (Å²) < 4.78 is 58.9. The molecule has 3 aromatic rings. The van der Waals surface area contributed by atoms with Crippen LogP contribution in [0, 0.1) is 23.3 Å². The molecule has 4 N–H and O–H groups in total. The number of halogens is 4. The molecule has 0 aliphatic heterocycles. The van der Waals surface area contributed by atoms with E-state index in [2.05, 4.69) is 15.4 Å². The van der Waals surface area contributed by atoms with Crippen LogP contribution >= 0.6 is 0 Å². The molecule has 220 valence electrons. The van der Waals surface area contributed by atoms with Crippen LogP contribution in [-0.2, 0) is 24.0 Å². The first-order valence-electron chi connectivity index (χ1n) is 12.2. The fraction of sp³-hybridized carbons (Fsp3) is 0.179. The number of ketones is 1. The van der Waals surface area contributed by atoms with Gasteiger partial charge in [0.05, 0.1) is 6.42 Å². The number of rotatable bonds is 11. The number of hydrogen-bond donors (Lipinski definition) is 4. The van der Waals surface area contributed by atoms with E-state index in [0.29, 0.717) is 11.3 Å². The van der Waals surface area contributed by atoms with Crippen LogP contribution < -0.4 is 20.7 Å². The summed E-state index contributed by atoms with van der Waals surface area (Å²) in [4.78, 5) is 61.3. The van der Waals surface area contributed by atoms with Crippen LogP contribution in [0.4, 0.5) is 23.2 Å². The Labute approximate surface area is 235 Å². The van der Waals surface area contributed by atoms with Gasteiger partial charge in [-0.1, -0.05) is 48.5 Å². The van der Waals surface area contributed by atoms with Gasteiger partial charge >= 0.3 is 17.8 Å². The number of para-hydroxylation sites is 1. The lowest BCUT2D eigenvalue weighted by molar-refractivity contribution is -0.141. The van der Waals surface area contributed by atoms with Gasteiger partial charge < -0.3 is 25.8 Å². The van der Waals surface area contributed by atoms with E-state index in [1.165, 1.54) is 0 Å². The van der Waals surface area contributed by atoms with Crippen molar-refractivity contribution in [1.82, 2.24) is 10.6 Å². The molecule has 0 fully saturated rings. The number of aliphatic carboxylic acids is 1. The number of carbonyl (C=O) groups excluding carboxylic acids is 4. The largest absolute Gasteiger partial charge is 0.481 e. The van der Waals surface area contributed by atoms with Crippen LogP contribution in [0.5, 0.6) is 5.75 Å². The first-order chi connectivity index (χ1) is 19.9. The first kappa shape index (κ1) is 31.3. The quantitative estimate of drug-likeness (QED) is 0.153. The fourth-order valence-corrected chi connectivity index (χ4v) is 3.61. The molecular formula is C28H23F4N3O7. The van der Waals surface area contributed by atoms with Gasteiger partial charge in [0.15, 0.2) is 23.2 Å². The summed E-state index contributed by atoms with van der Waals surface area (Å²) in [6, 6.07) is 12.2. The van der Waals surface area contributed by atoms with Gasteiger partial charge in [0.2, 0.25) is 17.5 Å². The number of amides is 3. The van der Waals surface area contributed by atoms with E-state index in [1.807, 2.05) is 5.32 Å². The maximum absolute atomic E-state index is 13.8. The van der Waals surface area contributed by atoms with Gasteiger partial charge in [-0.3, -0.25) is 24.0 Å². The smallest absolute Gasteiger partial charge is 0.313 e. The number of benzene rings is 3. The van der Waals surface area contributed by atoms with Crippen LogP contribution in [0.25, 0.3) is 11.1 Å². The lowest BCUT2D eigenvalue weighted by atomic mass is 10.0. The zero-order valence-electron chi connectivity index (χ0n) is 21.8. The average Bonchev–Trinajstić information content (AvgIpc) is 2.96. The summed E-state index contributed by atoms with van der Waals surface area (Å²) in [7, 11) is 0. The highest BCUT2D eigenvalue weighted by Crippen LogP contribution is 2.28. The van der Waals surface area contributed by atoms with Crippen molar-refractivity contribution in [2.45, 2.75) is 25.4 Å². The number of carbonyl (C=O) groups is 5. The second-order valence-corrected chi connectivity index (χ2v) is 8.77. The lowest BCUT2D eigenvalue weighted by Gasteiger charge is -2.20. The number of ether oxygens (including phenoxy) is 1. The Morgan fingerprint density at radius 3 is 2.05 bits per heavy atom. The van der Waals surface area contributed by atoms with Gasteiger partial charge in [-0.15, -0.1) is 0 Å². The second kappa shape index (κ2) is 13.9. The number of carboxylic acid groups (broad SMARTS) is 1. The minimum atomic E-state index is -1.93. The summed E-state index contributed by atoms with van der Waals surface area (Å²) in [6.45, 7) is -0.142. The van der Waals surface area contributed by atoms with Crippen LogP contribution in [0.15, 0.2) is 60.7 Å². The maximum atomic E-state index is 13.8. The summed E-state index contributed by atoms with van der Waals surface area (Å²) in [6.07, 6.45) is -1.02. The van der Waals surface area contributed by atoms with Crippen LogP contribution in [0.3, 0.4) is 0 Å². The van der Waals surface area contributed by atoms with Gasteiger partial charge in [-0.2, -0.15) is 8.78 Å². The van der Waals surface area contributed by atoms with E-state index >= 15 is 0 Å². The molecule has 0 aliphatic carbocycles. The third kappa shape index (κ3) is 7.90. The summed E-state index contributed by atoms with van der Waals surface area (Å²) in [5.41, 5.74) is 1.68. The third-order valence-corrected chi connectivity index (χ3v) is 5.72. The van der Waals surface area contributed by atoms with Gasteiger partial charge in [0, 0.05) is 17.3 Å². The normalized spacial score (nSPS) is 12.0. The Hall–Kier alpha value is -5.27. The van der Waals surface area contributed by atoms with Crippen molar-refractivity contribution in [2.24, 2.45) is 0 Å². The molecule has 3 aromatic carbocycles. The van der Waals surface area contributed by atoms with Crippen molar-refractivity contribution < 1.29 is 51.4 Å². The lowest BCUT2D eigenvalue weighted by Crippen LogP contribution is -2.53. The molecule has 14 heteroatoms. The predicted octanol–water partition coefficient (Wildman–Crippen LogP) is 2.96. The number of carboxylic acids is 1. The Morgan fingerprint density at radius 1 is 0.833 bits per heavy atom. The Balaban J connectivity index is 1.63. The van der Waals surface area contributed by atoms with E-state index < -0.39 is 83.6 Å². The molecule has 0 heterocycles. The summed E-state index contributed by atoms with van der Waals surface area (Å²) in [5, 5.41) is 15.7. The van der Waals surface area contributed by atoms with Crippen molar-refractivity contribution in [2.75, 3.05) is 11.9 Å². The highest BCUT2D eigenvalue weighted by Gasteiger charge is 2.29. The van der Waals surface area contributed by atoms with Crippen molar-refractivity contribution >= 4 is 35.2 Å². The fourth-order valence-electron chi connectivity index (χ4n) is 3.61. The SMILES string of the molecule is C[C@H](NC(=O)C(=O)Nc1ccccc1-c1ccccc1)C(=O)N[C@@H](CC(=O)O)C(=O)COc1c(F)c(F)cc(F)c1F. The molecule has 0 spiro atoms. The number of hydrogen-bond acceptors (Lipinski definition) is 6. The number of anilines is 1. The topological polar surface area (TPSA) is 151 Å².